The molecule has 17 heavy (non-hydrogen) atoms. The van der Waals surface area contributed by atoms with Crippen LogP contribution in [0.4, 0.5) is 0 Å². The summed E-state index contributed by atoms with van der Waals surface area (Å²) >= 11 is 0. The summed E-state index contributed by atoms with van der Waals surface area (Å²) in [7, 11) is 0. The van der Waals surface area contributed by atoms with E-state index in [1.165, 1.54) is 11.1 Å². The third-order valence-corrected chi connectivity index (χ3v) is 5.16. The summed E-state index contributed by atoms with van der Waals surface area (Å²) in [5.41, 5.74) is 2.42. The van der Waals surface area contributed by atoms with Gasteiger partial charge in [0.25, 0.3) is 0 Å². The molecule has 0 spiro atoms. The number of fused-ring (bicyclic) bond motifs is 2. The minimum Gasteiger partial charge on any atom is -0.468 e. The van der Waals surface area contributed by atoms with Crippen molar-refractivity contribution < 1.29 is 9.52 Å². The second-order valence-electron chi connectivity index (χ2n) is 5.91. The molecule has 3 aliphatic carbocycles. The zero-order valence-electron chi connectivity index (χ0n) is 10.7. The number of aliphatic hydroxyl groups is 1. The molecule has 1 heterocycles. The fraction of sp³-hybridized carbons (Fsp3) is 0.600. The Morgan fingerprint density at radius 3 is 2.94 bits per heavy atom. The van der Waals surface area contributed by atoms with Crippen molar-refractivity contribution in [2.24, 2.45) is 11.3 Å². The van der Waals surface area contributed by atoms with E-state index < -0.39 is 0 Å². The van der Waals surface area contributed by atoms with Crippen molar-refractivity contribution in [1.82, 2.24) is 0 Å². The van der Waals surface area contributed by atoms with Gasteiger partial charge in [-0.25, -0.2) is 0 Å². The van der Waals surface area contributed by atoms with E-state index in [9.17, 15) is 5.11 Å². The Labute approximate surface area is 102 Å². The number of hydrogen-bond donors (Lipinski definition) is 1. The molecule has 3 aliphatic rings. The summed E-state index contributed by atoms with van der Waals surface area (Å²) in [6.07, 6.45) is 5.53. The fourth-order valence-electron chi connectivity index (χ4n) is 3.60. The van der Waals surface area contributed by atoms with Crippen LogP contribution in [0.25, 0.3) is 0 Å². The third-order valence-electron chi connectivity index (χ3n) is 5.16. The first-order chi connectivity index (χ1) is 8.03. The molecule has 2 bridgehead atoms. The molecule has 1 aromatic rings. The van der Waals surface area contributed by atoms with Crippen LogP contribution >= 0.6 is 0 Å². The molecule has 4 rings (SSSR count). The van der Waals surface area contributed by atoms with Crippen molar-refractivity contribution in [3.05, 3.63) is 35.3 Å². The zero-order chi connectivity index (χ0) is 12.2. The molecule has 0 aliphatic heterocycles. The summed E-state index contributed by atoms with van der Waals surface area (Å²) in [5.74, 6) is 1.96. The lowest BCUT2D eigenvalue weighted by Gasteiger charge is -2.47. The first-order valence-corrected chi connectivity index (χ1v) is 6.46. The predicted molar refractivity (Wildman–Crippen MR) is 66.8 cm³/mol. The highest BCUT2D eigenvalue weighted by Gasteiger charge is 2.46. The minimum atomic E-state index is -0.314. The number of furan rings is 1. The van der Waals surface area contributed by atoms with E-state index in [2.05, 4.69) is 26.8 Å². The molecule has 4 atom stereocenters. The highest BCUT2D eigenvalue weighted by Crippen LogP contribution is 2.51. The molecule has 0 amide bonds. The molecular formula is C15H20O2. The van der Waals surface area contributed by atoms with Gasteiger partial charge in [-0.15, -0.1) is 0 Å². The Kier molecular flexibility index (Phi) is 2.27. The summed E-state index contributed by atoms with van der Waals surface area (Å²) < 4.78 is 5.64. The summed E-state index contributed by atoms with van der Waals surface area (Å²) in [6.45, 7) is 6.61. The van der Waals surface area contributed by atoms with E-state index in [-0.39, 0.29) is 11.5 Å². The quantitative estimate of drug-likeness (QED) is 0.696. The molecule has 0 radical (unpaired) electrons. The topological polar surface area (TPSA) is 33.4 Å². The summed E-state index contributed by atoms with van der Waals surface area (Å²) in [5, 5.41) is 10.6. The van der Waals surface area contributed by atoms with Crippen molar-refractivity contribution in [2.45, 2.75) is 45.6 Å². The van der Waals surface area contributed by atoms with Crippen molar-refractivity contribution in [3.63, 3.8) is 0 Å². The van der Waals surface area contributed by atoms with Gasteiger partial charge in [0.15, 0.2) is 0 Å². The monoisotopic (exact) mass is 232 g/mol. The first-order valence-electron chi connectivity index (χ1n) is 6.46. The van der Waals surface area contributed by atoms with Gasteiger partial charge in [-0.05, 0) is 30.9 Å². The zero-order valence-corrected chi connectivity index (χ0v) is 10.7. The molecule has 2 nitrogen and oxygen atoms in total. The molecule has 1 aromatic heterocycles. The van der Waals surface area contributed by atoms with Gasteiger partial charge in [0.2, 0.25) is 0 Å². The smallest absolute Gasteiger partial charge is 0.113 e. The van der Waals surface area contributed by atoms with E-state index in [0.29, 0.717) is 18.3 Å². The van der Waals surface area contributed by atoms with E-state index in [1.807, 2.05) is 6.07 Å². The van der Waals surface area contributed by atoms with E-state index in [1.54, 1.807) is 6.26 Å². The third kappa shape index (κ3) is 1.37. The maximum atomic E-state index is 10.6. The van der Waals surface area contributed by atoms with Gasteiger partial charge >= 0.3 is 0 Å². The molecule has 0 fully saturated rings. The Bertz CT molecular complexity index is 471. The first kappa shape index (κ1) is 11.1. The maximum absolute atomic E-state index is 10.6. The summed E-state index contributed by atoms with van der Waals surface area (Å²) in [4.78, 5) is 0. The standard InChI is InChI=1S/C15H20O2/c1-9-6-12-7-10(2)15(9,3)13(16)8-11-4-5-17-14(11)12/h4-6,10,12-13,16H,7-8H2,1-3H3/t10-,12+,13+,15-/m1/s1. The number of allylic oxidation sites excluding steroid dienone is 1. The Balaban J connectivity index is 2.19. The van der Waals surface area contributed by atoms with Gasteiger partial charge in [-0.1, -0.05) is 25.5 Å². The van der Waals surface area contributed by atoms with E-state index >= 15 is 0 Å². The van der Waals surface area contributed by atoms with Crippen molar-refractivity contribution in [1.29, 1.82) is 0 Å². The molecule has 0 unspecified atom stereocenters. The molecule has 2 heteroatoms. The van der Waals surface area contributed by atoms with Crippen LogP contribution in [0, 0.1) is 11.3 Å². The Morgan fingerprint density at radius 1 is 1.47 bits per heavy atom. The van der Waals surface area contributed by atoms with Crippen LogP contribution in [-0.2, 0) is 6.42 Å². The van der Waals surface area contributed by atoms with Crippen LogP contribution in [0.15, 0.2) is 28.4 Å². The predicted octanol–water partition coefficient (Wildman–Crippen LogP) is 3.27. The lowest BCUT2D eigenvalue weighted by atomic mass is 9.59. The minimum absolute atomic E-state index is 0.0779. The van der Waals surface area contributed by atoms with Crippen LogP contribution in [0.5, 0.6) is 0 Å². The molecular weight excluding hydrogens is 212 g/mol. The number of hydrogen-bond acceptors (Lipinski definition) is 2. The van der Waals surface area contributed by atoms with Crippen molar-refractivity contribution >= 4 is 0 Å². The SMILES string of the molecule is CC1=C[C@H]2C[C@@H](C)[C@]1(C)[C@@H](O)Cc1ccoc12. The Morgan fingerprint density at radius 2 is 2.24 bits per heavy atom. The van der Waals surface area contributed by atoms with Crippen molar-refractivity contribution in [3.8, 4) is 0 Å². The lowest BCUT2D eigenvalue weighted by molar-refractivity contribution is 0.0114. The van der Waals surface area contributed by atoms with Crippen LogP contribution in [0.2, 0.25) is 0 Å². The average molecular weight is 232 g/mol. The Hall–Kier alpha value is -1.02. The number of rotatable bonds is 0. The van der Waals surface area contributed by atoms with E-state index in [4.69, 9.17) is 4.42 Å². The lowest BCUT2D eigenvalue weighted by Crippen LogP contribution is -2.44. The maximum Gasteiger partial charge on any atom is 0.113 e. The highest BCUT2D eigenvalue weighted by molar-refractivity contribution is 5.34. The van der Waals surface area contributed by atoms with Crippen molar-refractivity contribution in [2.75, 3.05) is 0 Å². The highest BCUT2D eigenvalue weighted by atomic mass is 16.3. The largest absolute Gasteiger partial charge is 0.468 e. The van der Waals surface area contributed by atoms with Gasteiger partial charge in [-0.2, -0.15) is 0 Å². The van der Waals surface area contributed by atoms with Crippen LogP contribution in [-0.4, -0.2) is 11.2 Å². The molecule has 92 valence electrons. The van der Waals surface area contributed by atoms with Gasteiger partial charge in [0.05, 0.1) is 12.4 Å². The molecule has 0 aromatic carbocycles. The van der Waals surface area contributed by atoms with Gasteiger partial charge < -0.3 is 9.52 Å². The van der Waals surface area contributed by atoms with Gasteiger partial charge in [-0.3, -0.25) is 0 Å². The summed E-state index contributed by atoms with van der Waals surface area (Å²) in [6, 6.07) is 2.01. The second-order valence-corrected chi connectivity index (χ2v) is 5.91. The molecule has 0 saturated heterocycles. The second kappa shape index (κ2) is 3.49. The average Bonchev–Trinajstić information content (AvgIpc) is 2.71. The van der Waals surface area contributed by atoms with Crippen LogP contribution < -0.4 is 0 Å². The fourth-order valence-corrected chi connectivity index (χ4v) is 3.60. The molecule has 0 saturated carbocycles. The normalized spacial score (nSPS) is 40.5. The number of aliphatic hydroxyl groups excluding tert-OH is 1. The van der Waals surface area contributed by atoms with Crippen LogP contribution in [0.3, 0.4) is 0 Å². The van der Waals surface area contributed by atoms with Gasteiger partial charge in [0, 0.05) is 17.8 Å². The van der Waals surface area contributed by atoms with E-state index in [0.717, 1.165) is 12.2 Å². The van der Waals surface area contributed by atoms with Gasteiger partial charge in [0.1, 0.15) is 5.76 Å². The molecule has 1 N–H and O–H groups in total. The van der Waals surface area contributed by atoms with Crippen LogP contribution in [0.1, 0.15) is 44.4 Å².